The summed E-state index contributed by atoms with van der Waals surface area (Å²) in [6.07, 6.45) is 2.32. The van der Waals surface area contributed by atoms with Crippen molar-refractivity contribution < 1.29 is 27.5 Å². The Hall–Kier alpha value is -2.62. The predicted molar refractivity (Wildman–Crippen MR) is 104 cm³/mol. The molecule has 0 fully saturated rings. The second-order valence-corrected chi connectivity index (χ2v) is 8.72. The number of sulfonamides is 1. The number of nitrogens with one attached hydrogen (secondary N) is 2. The lowest BCUT2D eigenvalue weighted by atomic mass is 10.1. The molecule has 28 heavy (non-hydrogen) atoms. The fourth-order valence-corrected chi connectivity index (χ4v) is 4.24. The summed E-state index contributed by atoms with van der Waals surface area (Å²) in [5.41, 5.74) is 1.45. The van der Waals surface area contributed by atoms with Crippen LogP contribution in [-0.4, -0.2) is 51.3 Å². The van der Waals surface area contributed by atoms with Gasteiger partial charge in [0, 0.05) is 12.1 Å². The van der Waals surface area contributed by atoms with Gasteiger partial charge in [0.1, 0.15) is 0 Å². The minimum Gasteiger partial charge on any atom is -0.452 e. The first-order valence-corrected chi connectivity index (χ1v) is 10.8. The third kappa shape index (κ3) is 5.22. The number of anilines is 1. The number of esters is 1. The van der Waals surface area contributed by atoms with E-state index >= 15 is 0 Å². The first-order chi connectivity index (χ1) is 13.0. The molecule has 0 spiro atoms. The molecule has 9 nitrogen and oxygen atoms in total. The smallest absolute Gasteiger partial charge is 0.338 e. The summed E-state index contributed by atoms with van der Waals surface area (Å²) in [4.78, 5) is 35.5. The van der Waals surface area contributed by atoms with Gasteiger partial charge in [-0.2, -0.15) is 0 Å². The molecule has 10 heteroatoms. The van der Waals surface area contributed by atoms with Crippen molar-refractivity contribution in [1.29, 1.82) is 0 Å². The molecule has 1 aromatic rings. The van der Waals surface area contributed by atoms with E-state index in [2.05, 4.69) is 10.6 Å². The van der Waals surface area contributed by atoms with E-state index in [1.165, 1.54) is 10.4 Å². The molecule has 0 aromatic heterocycles. The van der Waals surface area contributed by atoms with E-state index in [1.807, 2.05) is 6.92 Å². The minimum atomic E-state index is -3.42. The van der Waals surface area contributed by atoms with Crippen LogP contribution < -0.4 is 14.9 Å². The molecule has 0 saturated heterocycles. The Morgan fingerprint density at radius 1 is 1.32 bits per heavy atom. The van der Waals surface area contributed by atoms with Gasteiger partial charge in [-0.3, -0.25) is 14.4 Å². The fourth-order valence-electron chi connectivity index (χ4n) is 2.97. The van der Waals surface area contributed by atoms with Gasteiger partial charge in [0.05, 0.1) is 17.5 Å². The Bertz CT molecular complexity index is 883. The van der Waals surface area contributed by atoms with E-state index in [0.717, 1.165) is 6.26 Å². The van der Waals surface area contributed by atoms with Crippen molar-refractivity contribution in [1.82, 2.24) is 10.6 Å². The topological polar surface area (TPSA) is 122 Å². The van der Waals surface area contributed by atoms with E-state index in [1.54, 1.807) is 26.0 Å². The van der Waals surface area contributed by atoms with Gasteiger partial charge < -0.3 is 10.1 Å². The zero-order chi connectivity index (χ0) is 21.1. The largest absolute Gasteiger partial charge is 0.452 e. The third-order valence-corrected chi connectivity index (χ3v) is 5.67. The van der Waals surface area contributed by atoms with Crippen LogP contribution in [0.1, 0.15) is 43.1 Å². The molecule has 1 aliphatic heterocycles. The Labute approximate surface area is 164 Å². The number of nitrogens with zero attached hydrogens (tertiary/aromatic N) is 1. The normalized spacial score (nSPS) is 16.9. The molecule has 1 aliphatic rings. The Kier molecular flexibility index (Phi) is 6.65. The Morgan fingerprint density at radius 3 is 2.61 bits per heavy atom. The minimum absolute atomic E-state index is 0.0874. The maximum absolute atomic E-state index is 12.2. The molecular weight excluding hydrogens is 386 g/mol. The van der Waals surface area contributed by atoms with Gasteiger partial charge in [-0.15, -0.1) is 0 Å². The summed E-state index contributed by atoms with van der Waals surface area (Å²) in [6, 6.07) is 3.58. The third-order valence-electron chi connectivity index (χ3n) is 4.40. The van der Waals surface area contributed by atoms with Crippen LogP contribution in [0.15, 0.2) is 18.2 Å². The maximum Gasteiger partial charge on any atom is 0.338 e. The van der Waals surface area contributed by atoms with Crippen LogP contribution in [-0.2, 0) is 26.0 Å². The molecule has 0 bridgehead atoms. The average Bonchev–Trinajstić information content (AvgIpc) is 2.94. The molecule has 3 amide bonds. The van der Waals surface area contributed by atoms with E-state index in [-0.39, 0.29) is 17.6 Å². The standard InChI is InChI=1S/C18H25N3O6S/c1-5-11(2)19-18(24)20-16(22)10-27-17(23)13-6-7-15-14(9-13)8-12(3)21(15)28(4,25)26/h6-7,9,11-12H,5,8,10H2,1-4H3,(H2,19,20,22,24)/t11-,12-/m0/s1. The second-order valence-electron chi connectivity index (χ2n) is 6.86. The van der Waals surface area contributed by atoms with Crippen molar-refractivity contribution in [2.24, 2.45) is 0 Å². The molecule has 0 radical (unpaired) electrons. The monoisotopic (exact) mass is 411 g/mol. The van der Waals surface area contributed by atoms with Crippen LogP contribution in [0.3, 0.4) is 0 Å². The van der Waals surface area contributed by atoms with Gasteiger partial charge in [-0.25, -0.2) is 18.0 Å². The SMILES string of the molecule is CC[C@H](C)NC(=O)NC(=O)COC(=O)c1ccc2c(c1)C[C@H](C)N2S(C)(=O)=O. The van der Waals surface area contributed by atoms with Gasteiger partial charge in [-0.05, 0) is 50.5 Å². The molecule has 0 saturated carbocycles. The van der Waals surface area contributed by atoms with E-state index in [4.69, 9.17) is 4.74 Å². The zero-order valence-electron chi connectivity index (χ0n) is 16.3. The lowest BCUT2D eigenvalue weighted by molar-refractivity contribution is -0.123. The maximum atomic E-state index is 12.2. The van der Waals surface area contributed by atoms with E-state index < -0.39 is 34.5 Å². The molecule has 154 valence electrons. The Balaban J connectivity index is 1.97. The van der Waals surface area contributed by atoms with Crippen molar-refractivity contribution in [3.8, 4) is 0 Å². The molecular formula is C18H25N3O6S. The fraction of sp³-hybridized carbons (Fsp3) is 0.500. The van der Waals surface area contributed by atoms with Crippen molar-refractivity contribution in [2.75, 3.05) is 17.2 Å². The van der Waals surface area contributed by atoms with Crippen LogP contribution in [0.5, 0.6) is 0 Å². The van der Waals surface area contributed by atoms with Gasteiger partial charge in [0.25, 0.3) is 5.91 Å². The first kappa shape index (κ1) is 21.7. The summed E-state index contributed by atoms with van der Waals surface area (Å²) in [6.45, 7) is 4.87. The number of urea groups is 1. The average molecular weight is 411 g/mol. The zero-order valence-corrected chi connectivity index (χ0v) is 17.1. The van der Waals surface area contributed by atoms with Gasteiger partial charge in [0.2, 0.25) is 10.0 Å². The summed E-state index contributed by atoms with van der Waals surface area (Å²) < 4.78 is 30.1. The number of ether oxygens (including phenoxy) is 1. The van der Waals surface area contributed by atoms with Crippen molar-refractivity contribution in [2.45, 2.75) is 45.7 Å². The highest BCUT2D eigenvalue weighted by Gasteiger charge is 2.33. The number of benzene rings is 1. The summed E-state index contributed by atoms with van der Waals surface area (Å²) >= 11 is 0. The second kappa shape index (κ2) is 8.59. The highest BCUT2D eigenvalue weighted by atomic mass is 32.2. The van der Waals surface area contributed by atoms with Crippen molar-refractivity contribution >= 4 is 33.6 Å². The number of imide groups is 1. The summed E-state index contributed by atoms with van der Waals surface area (Å²) in [5.74, 6) is -1.47. The Morgan fingerprint density at radius 2 is 2.00 bits per heavy atom. The van der Waals surface area contributed by atoms with Crippen LogP contribution in [0.2, 0.25) is 0 Å². The molecule has 2 rings (SSSR count). The first-order valence-electron chi connectivity index (χ1n) is 8.92. The quantitative estimate of drug-likeness (QED) is 0.678. The molecule has 2 atom stereocenters. The molecule has 2 N–H and O–H groups in total. The van der Waals surface area contributed by atoms with E-state index in [0.29, 0.717) is 24.1 Å². The highest BCUT2D eigenvalue weighted by Crippen LogP contribution is 2.34. The predicted octanol–water partition coefficient (Wildman–Crippen LogP) is 1.18. The van der Waals surface area contributed by atoms with Crippen LogP contribution in [0.25, 0.3) is 0 Å². The van der Waals surface area contributed by atoms with Crippen LogP contribution in [0.4, 0.5) is 10.5 Å². The summed E-state index contributed by atoms with van der Waals surface area (Å²) in [7, 11) is -3.42. The number of amides is 3. The number of hydrogen-bond acceptors (Lipinski definition) is 6. The van der Waals surface area contributed by atoms with Gasteiger partial charge in [-0.1, -0.05) is 6.92 Å². The molecule has 1 aromatic carbocycles. The van der Waals surface area contributed by atoms with E-state index in [9.17, 15) is 22.8 Å². The van der Waals surface area contributed by atoms with Crippen molar-refractivity contribution in [3.05, 3.63) is 29.3 Å². The summed E-state index contributed by atoms with van der Waals surface area (Å²) in [5, 5.41) is 4.65. The van der Waals surface area contributed by atoms with Gasteiger partial charge >= 0.3 is 12.0 Å². The molecule has 1 heterocycles. The van der Waals surface area contributed by atoms with Gasteiger partial charge in [0.15, 0.2) is 6.61 Å². The number of carbonyl (C=O) groups is 3. The number of fused-ring (bicyclic) bond motifs is 1. The number of hydrogen-bond donors (Lipinski definition) is 2. The molecule has 0 unspecified atom stereocenters. The van der Waals surface area contributed by atoms with Crippen LogP contribution in [0, 0.1) is 0 Å². The van der Waals surface area contributed by atoms with Crippen LogP contribution >= 0.6 is 0 Å². The lowest BCUT2D eigenvalue weighted by Crippen LogP contribution is -2.44. The number of carbonyl (C=O) groups excluding carboxylic acids is 3. The highest BCUT2D eigenvalue weighted by molar-refractivity contribution is 7.92. The van der Waals surface area contributed by atoms with Crippen molar-refractivity contribution in [3.63, 3.8) is 0 Å². The number of rotatable bonds is 6. The molecule has 0 aliphatic carbocycles. The lowest BCUT2D eigenvalue weighted by Gasteiger charge is -2.21.